The number of aromatic nitrogens is 1. The number of nitrogens with zero attached hydrogens (tertiary/aromatic N) is 2. The van der Waals surface area contributed by atoms with Crippen LogP contribution in [0.15, 0.2) is 72.4 Å². The van der Waals surface area contributed by atoms with Crippen molar-refractivity contribution in [2.24, 2.45) is 0 Å². The zero-order valence-corrected chi connectivity index (χ0v) is 16.0. The first kappa shape index (κ1) is 18.6. The SMILES string of the molecule is Cl.Fc1ccccc1CN(c1ccncc1)c1csc2cc(Cl)ccc12. The second kappa shape index (κ2) is 8.04. The molecule has 2 heterocycles. The standard InChI is InChI=1S/C20H14ClFN2S.ClH/c21-15-5-6-17-19(13-25-20(17)11-15)24(16-7-9-23-10-8-16)12-14-3-1-2-4-18(14)22;/h1-11,13H,12H2;1H. The molecule has 26 heavy (non-hydrogen) atoms. The summed E-state index contributed by atoms with van der Waals surface area (Å²) in [5.74, 6) is -0.205. The Morgan fingerprint density at radius 1 is 1.04 bits per heavy atom. The first-order valence-electron chi connectivity index (χ1n) is 7.80. The molecule has 0 spiro atoms. The van der Waals surface area contributed by atoms with Gasteiger partial charge in [0.1, 0.15) is 5.82 Å². The Hall–Kier alpha value is -2.14. The van der Waals surface area contributed by atoms with Crippen LogP contribution in [0.1, 0.15) is 5.56 Å². The van der Waals surface area contributed by atoms with Crippen LogP contribution in [-0.4, -0.2) is 4.98 Å². The van der Waals surface area contributed by atoms with Crippen molar-refractivity contribution < 1.29 is 4.39 Å². The van der Waals surface area contributed by atoms with Gasteiger partial charge in [-0.25, -0.2) is 4.39 Å². The molecule has 2 aromatic heterocycles. The van der Waals surface area contributed by atoms with Crippen LogP contribution in [0.2, 0.25) is 5.02 Å². The van der Waals surface area contributed by atoms with E-state index in [9.17, 15) is 4.39 Å². The van der Waals surface area contributed by atoms with Crippen molar-refractivity contribution in [1.82, 2.24) is 4.98 Å². The fourth-order valence-electron chi connectivity index (χ4n) is 2.83. The van der Waals surface area contributed by atoms with Crippen molar-refractivity contribution in [2.45, 2.75) is 6.54 Å². The maximum absolute atomic E-state index is 14.2. The largest absolute Gasteiger partial charge is 0.336 e. The van der Waals surface area contributed by atoms with E-state index in [2.05, 4.69) is 15.3 Å². The molecule has 0 unspecified atom stereocenters. The summed E-state index contributed by atoms with van der Waals surface area (Å²) in [7, 11) is 0. The van der Waals surface area contributed by atoms with E-state index in [1.165, 1.54) is 6.07 Å². The second-order valence-corrected chi connectivity index (χ2v) is 6.99. The van der Waals surface area contributed by atoms with Gasteiger partial charge in [-0.2, -0.15) is 0 Å². The maximum Gasteiger partial charge on any atom is 0.128 e. The molecule has 4 aromatic rings. The number of hydrogen-bond donors (Lipinski definition) is 0. The van der Waals surface area contributed by atoms with Gasteiger partial charge in [0.2, 0.25) is 0 Å². The van der Waals surface area contributed by atoms with Crippen molar-refractivity contribution in [3.05, 3.63) is 88.8 Å². The van der Waals surface area contributed by atoms with Crippen LogP contribution in [0.25, 0.3) is 10.1 Å². The lowest BCUT2D eigenvalue weighted by molar-refractivity contribution is 0.609. The average Bonchev–Trinajstić information content (AvgIpc) is 3.04. The predicted molar refractivity (Wildman–Crippen MR) is 111 cm³/mol. The number of benzene rings is 2. The summed E-state index contributed by atoms with van der Waals surface area (Å²) in [5, 5.41) is 3.90. The van der Waals surface area contributed by atoms with Crippen LogP contribution >= 0.6 is 35.3 Å². The molecule has 132 valence electrons. The normalized spacial score (nSPS) is 10.5. The number of halogens is 3. The summed E-state index contributed by atoms with van der Waals surface area (Å²) in [5.41, 5.74) is 2.65. The molecule has 0 atom stereocenters. The van der Waals surface area contributed by atoms with Crippen LogP contribution in [-0.2, 0) is 6.54 Å². The summed E-state index contributed by atoms with van der Waals surface area (Å²) in [4.78, 5) is 6.20. The summed E-state index contributed by atoms with van der Waals surface area (Å²) in [6.45, 7) is 0.436. The van der Waals surface area contributed by atoms with Crippen molar-refractivity contribution in [2.75, 3.05) is 4.90 Å². The lowest BCUT2D eigenvalue weighted by atomic mass is 10.1. The second-order valence-electron chi connectivity index (χ2n) is 5.64. The molecule has 2 nitrogen and oxygen atoms in total. The van der Waals surface area contributed by atoms with Crippen molar-refractivity contribution in [1.29, 1.82) is 0 Å². The van der Waals surface area contributed by atoms with Gasteiger partial charge in [-0.1, -0.05) is 29.8 Å². The predicted octanol–water partition coefficient (Wildman–Crippen LogP) is 6.85. The van der Waals surface area contributed by atoms with E-state index >= 15 is 0 Å². The minimum atomic E-state index is -0.205. The maximum atomic E-state index is 14.2. The third-order valence-corrected chi connectivity index (χ3v) is 5.24. The average molecular weight is 405 g/mol. The molecule has 6 heteroatoms. The molecule has 0 N–H and O–H groups in total. The number of fused-ring (bicyclic) bond motifs is 1. The topological polar surface area (TPSA) is 16.1 Å². The summed E-state index contributed by atoms with van der Waals surface area (Å²) in [6, 6.07) is 16.6. The molecule has 2 aromatic carbocycles. The number of anilines is 2. The van der Waals surface area contributed by atoms with Gasteiger partial charge in [0.15, 0.2) is 0 Å². The third-order valence-electron chi connectivity index (χ3n) is 4.07. The van der Waals surface area contributed by atoms with Crippen LogP contribution in [0.3, 0.4) is 0 Å². The van der Waals surface area contributed by atoms with E-state index in [4.69, 9.17) is 11.6 Å². The highest BCUT2D eigenvalue weighted by Crippen LogP contribution is 2.38. The molecule has 4 rings (SSSR count). The number of hydrogen-bond acceptors (Lipinski definition) is 3. The van der Waals surface area contributed by atoms with Crippen molar-refractivity contribution in [3.63, 3.8) is 0 Å². The van der Waals surface area contributed by atoms with Gasteiger partial charge in [0, 0.05) is 44.1 Å². The van der Waals surface area contributed by atoms with Crippen LogP contribution in [0.4, 0.5) is 15.8 Å². The lowest BCUT2D eigenvalue weighted by Crippen LogP contribution is -2.17. The Balaban J connectivity index is 0.00000196. The number of rotatable bonds is 4. The minimum Gasteiger partial charge on any atom is -0.336 e. The van der Waals surface area contributed by atoms with Crippen LogP contribution < -0.4 is 4.90 Å². The first-order chi connectivity index (χ1) is 12.2. The Morgan fingerprint density at radius 3 is 2.58 bits per heavy atom. The quantitative estimate of drug-likeness (QED) is 0.369. The Morgan fingerprint density at radius 2 is 1.81 bits per heavy atom. The smallest absolute Gasteiger partial charge is 0.128 e. The van der Waals surface area contributed by atoms with E-state index in [1.54, 1.807) is 29.8 Å². The van der Waals surface area contributed by atoms with Gasteiger partial charge in [-0.3, -0.25) is 4.98 Å². The monoisotopic (exact) mass is 404 g/mol. The van der Waals surface area contributed by atoms with Gasteiger partial charge < -0.3 is 4.90 Å². The third kappa shape index (κ3) is 3.68. The zero-order chi connectivity index (χ0) is 17.2. The van der Waals surface area contributed by atoms with Crippen molar-refractivity contribution in [3.8, 4) is 0 Å². The van der Waals surface area contributed by atoms with Gasteiger partial charge >= 0.3 is 0 Å². The Labute approximate surface area is 166 Å². The summed E-state index contributed by atoms with van der Waals surface area (Å²) < 4.78 is 15.3. The minimum absolute atomic E-state index is 0. The zero-order valence-electron chi connectivity index (χ0n) is 13.6. The van der Waals surface area contributed by atoms with E-state index in [0.717, 1.165) is 21.5 Å². The van der Waals surface area contributed by atoms with E-state index < -0.39 is 0 Å². The molecule has 0 saturated heterocycles. The van der Waals surface area contributed by atoms with Crippen LogP contribution in [0.5, 0.6) is 0 Å². The van der Waals surface area contributed by atoms with Crippen molar-refractivity contribution >= 4 is 56.8 Å². The van der Waals surface area contributed by atoms with Gasteiger partial charge in [-0.15, -0.1) is 23.7 Å². The number of pyridine rings is 1. The molecule has 0 saturated carbocycles. The summed E-state index contributed by atoms with van der Waals surface area (Å²) >= 11 is 7.74. The molecule has 0 aliphatic rings. The molecule has 0 radical (unpaired) electrons. The highest BCUT2D eigenvalue weighted by molar-refractivity contribution is 7.17. The molecule has 0 aliphatic heterocycles. The highest BCUT2D eigenvalue weighted by Gasteiger charge is 2.16. The van der Waals surface area contributed by atoms with Gasteiger partial charge in [-0.05, 0) is 36.4 Å². The Bertz CT molecular complexity index is 1020. The molecule has 0 aliphatic carbocycles. The van der Waals surface area contributed by atoms with Crippen LogP contribution in [0, 0.1) is 5.82 Å². The first-order valence-corrected chi connectivity index (χ1v) is 9.06. The molecular weight excluding hydrogens is 390 g/mol. The molecule has 0 fully saturated rings. The van der Waals surface area contributed by atoms with E-state index in [-0.39, 0.29) is 18.2 Å². The molecule has 0 bridgehead atoms. The van der Waals surface area contributed by atoms with E-state index in [0.29, 0.717) is 17.1 Å². The lowest BCUT2D eigenvalue weighted by Gasteiger charge is -2.24. The summed E-state index contributed by atoms with van der Waals surface area (Å²) in [6.07, 6.45) is 3.49. The Kier molecular flexibility index (Phi) is 5.77. The van der Waals surface area contributed by atoms with Gasteiger partial charge in [0.25, 0.3) is 0 Å². The fourth-order valence-corrected chi connectivity index (χ4v) is 4.06. The highest BCUT2D eigenvalue weighted by atomic mass is 35.5. The van der Waals surface area contributed by atoms with Gasteiger partial charge in [0.05, 0.1) is 12.2 Å². The molecular formula is C20H15Cl2FN2S. The van der Waals surface area contributed by atoms with E-state index in [1.807, 2.05) is 42.5 Å². The molecule has 0 amide bonds. The number of thiophene rings is 1. The fraction of sp³-hybridized carbons (Fsp3) is 0.0500.